The molecule has 2 aromatic heterocycles. The number of aromatic nitrogens is 4. The fourth-order valence-corrected chi connectivity index (χ4v) is 1.26. The summed E-state index contributed by atoms with van der Waals surface area (Å²) in [5, 5.41) is 2.71. The van der Waals surface area contributed by atoms with Crippen LogP contribution < -0.4 is 5.56 Å². The Kier molecular flexibility index (Phi) is 3.40. The molecule has 0 spiro atoms. The summed E-state index contributed by atoms with van der Waals surface area (Å²) in [6.07, 6.45) is 1.50. The molecule has 1 N–H and O–H groups in total. The first kappa shape index (κ1) is 10.9. The van der Waals surface area contributed by atoms with E-state index in [2.05, 4.69) is 31.0 Å². The maximum atomic E-state index is 11.4. The highest BCUT2D eigenvalue weighted by Crippen LogP contribution is 2.01. The third kappa shape index (κ3) is 1.84. The predicted octanol–water partition coefficient (Wildman–Crippen LogP) is 1.51. The van der Waals surface area contributed by atoms with Gasteiger partial charge in [0.2, 0.25) is 0 Å². The Morgan fingerprint density at radius 2 is 2.14 bits per heavy atom. The number of nitrogens with zero attached hydrogens (tertiary/aromatic N) is 3. The van der Waals surface area contributed by atoms with E-state index in [-0.39, 0.29) is 5.56 Å². The van der Waals surface area contributed by atoms with Crippen LogP contribution in [0.5, 0.6) is 0 Å². The van der Waals surface area contributed by atoms with Crippen molar-refractivity contribution >= 4 is 21.7 Å². The van der Waals surface area contributed by atoms with Crippen LogP contribution in [0.4, 0.5) is 0 Å². The van der Waals surface area contributed by atoms with Gasteiger partial charge in [-0.25, -0.2) is 4.98 Å². The fraction of sp³-hybridized carbons (Fsp3) is 0.375. The van der Waals surface area contributed by atoms with E-state index in [4.69, 9.17) is 0 Å². The molecule has 0 aliphatic heterocycles. The van der Waals surface area contributed by atoms with Crippen molar-refractivity contribution in [2.45, 2.75) is 20.8 Å². The summed E-state index contributed by atoms with van der Waals surface area (Å²) in [5.41, 5.74) is 0.460. The Labute approximate surface area is 89.3 Å². The first-order valence-corrected chi connectivity index (χ1v) is 5.07. The lowest BCUT2D eigenvalue weighted by atomic mass is 10.4. The second kappa shape index (κ2) is 4.36. The molecule has 0 atom stereocenters. The summed E-state index contributed by atoms with van der Waals surface area (Å²) in [5.74, 6) is 0.373. The Morgan fingerprint density at radius 1 is 1.50 bits per heavy atom. The number of hydrogen-bond donors (Lipinski definition) is 1. The standard InChI is InChI=1S/C6H5BrN4O.C2H6/c1-3-2-8-6-9-5(7)10-11(6)4(3)12;1-2/h2H,1H3,(H,8,9,10);1-2H3. The number of halogens is 1. The molecule has 0 amide bonds. The summed E-state index contributed by atoms with van der Waals surface area (Å²) in [6.45, 7) is 5.70. The second-order valence-electron chi connectivity index (χ2n) is 2.40. The molecule has 6 heteroatoms. The maximum Gasteiger partial charge on any atom is 0.276 e. The van der Waals surface area contributed by atoms with Crippen molar-refractivity contribution in [1.29, 1.82) is 0 Å². The number of H-pyrrole nitrogens is 1. The first-order valence-electron chi connectivity index (χ1n) is 4.28. The van der Waals surface area contributed by atoms with E-state index in [9.17, 15) is 4.79 Å². The smallest absolute Gasteiger partial charge is 0.267 e. The molecule has 0 aromatic carbocycles. The van der Waals surface area contributed by atoms with Gasteiger partial charge in [-0.15, -0.1) is 0 Å². The number of fused-ring (bicyclic) bond motifs is 1. The average Bonchev–Trinajstić information content (AvgIpc) is 2.57. The summed E-state index contributed by atoms with van der Waals surface area (Å²) in [6, 6.07) is 0. The predicted molar refractivity (Wildman–Crippen MR) is 57.4 cm³/mol. The number of hydrogen-bond acceptors (Lipinski definition) is 3. The van der Waals surface area contributed by atoms with Crippen LogP contribution in [0.2, 0.25) is 0 Å². The molecule has 0 aliphatic carbocycles. The molecular formula is C8H11BrN4O. The van der Waals surface area contributed by atoms with Crippen molar-refractivity contribution in [3.05, 3.63) is 26.8 Å². The SMILES string of the molecule is CC.Cc1cnc2nc(Br)[nH]n2c1=O. The van der Waals surface area contributed by atoms with E-state index in [1.54, 1.807) is 6.92 Å². The Balaban J connectivity index is 0.000000461. The summed E-state index contributed by atoms with van der Waals surface area (Å²) < 4.78 is 1.79. The largest absolute Gasteiger partial charge is 0.276 e. The molecule has 2 aromatic rings. The van der Waals surface area contributed by atoms with Gasteiger partial charge in [-0.2, -0.15) is 9.50 Å². The Morgan fingerprint density at radius 3 is 2.79 bits per heavy atom. The van der Waals surface area contributed by atoms with Crippen molar-refractivity contribution in [3.63, 3.8) is 0 Å². The molecule has 14 heavy (non-hydrogen) atoms. The zero-order valence-corrected chi connectivity index (χ0v) is 9.79. The van der Waals surface area contributed by atoms with Crippen LogP contribution in [0, 0.1) is 6.92 Å². The van der Waals surface area contributed by atoms with Gasteiger partial charge in [-0.05, 0) is 22.9 Å². The minimum absolute atomic E-state index is 0.127. The second-order valence-corrected chi connectivity index (χ2v) is 3.15. The highest BCUT2D eigenvalue weighted by Gasteiger charge is 2.03. The van der Waals surface area contributed by atoms with Crippen LogP contribution in [0.25, 0.3) is 5.78 Å². The van der Waals surface area contributed by atoms with Crippen LogP contribution in [0.1, 0.15) is 19.4 Å². The lowest BCUT2D eigenvalue weighted by Crippen LogP contribution is -2.17. The topological polar surface area (TPSA) is 63.1 Å². The van der Waals surface area contributed by atoms with E-state index in [0.29, 0.717) is 16.1 Å². The lowest BCUT2D eigenvalue weighted by Gasteiger charge is -1.90. The summed E-state index contributed by atoms with van der Waals surface area (Å²) >= 11 is 3.12. The Bertz CT molecular complexity index is 488. The normalized spacial score (nSPS) is 9.71. The van der Waals surface area contributed by atoms with Crippen molar-refractivity contribution in [2.24, 2.45) is 0 Å². The van der Waals surface area contributed by atoms with E-state index in [0.717, 1.165) is 0 Å². The van der Waals surface area contributed by atoms with Gasteiger partial charge in [0, 0.05) is 11.8 Å². The number of rotatable bonds is 0. The van der Waals surface area contributed by atoms with Crippen LogP contribution in [-0.4, -0.2) is 19.6 Å². The van der Waals surface area contributed by atoms with Crippen molar-refractivity contribution in [3.8, 4) is 0 Å². The van der Waals surface area contributed by atoms with Crippen molar-refractivity contribution in [2.75, 3.05) is 0 Å². The molecule has 2 heterocycles. The van der Waals surface area contributed by atoms with Gasteiger partial charge < -0.3 is 0 Å². The van der Waals surface area contributed by atoms with Crippen molar-refractivity contribution in [1.82, 2.24) is 19.6 Å². The molecular weight excluding hydrogens is 248 g/mol. The zero-order valence-electron chi connectivity index (χ0n) is 8.21. The monoisotopic (exact) mass is 258 g/mol. The number of nitrogens with one attached hydrogen (secondary N) is 1. The van der Waals surface area contributed by atoms with E-state index in [1.165, 1.54) is 10.7 Å². The fourth-order valence-electron chi connectivity index (χ4n) is 0.919. The van der Waals surface area contributed by atoms with Gasteiger partial charge in [0.15, 0.2) is 4.73 Å². The molecule has 2 rings (SSSR count). The third-order valence-corrected chi connectivity index (χ3v) is 1.87. The van der Waals surface area contributed by atoms with E-state index in [1.807, 2.05) is 13.8 Å². The van der Waals surface area contributed by atoms with E-state index >= 15 is 0 Å². The molecule has 76 valence electrons. The minimum Gasteiger partial charge on any atom is -0.267 e. The Hall–Kier alpha value is -1.17. The quantitative estimate of drug-likeness (QED) is 0.780. The average molecular weight is 259 g/mol. The molecule has 0 saturated carbocycles. The van der Waals surface area contributed by atoms with Gasteiger partial charge >= 0.3 is 0 Å². The number of aromatic amines is 1. The maximum absolute atomic E-state index is 11.4. The van der Waals surface area contributed by atoms with Gasteiger partial charge in [0.25, 0.3) is 11.3 Å². The molecule has 0 aliphatic rings. The molecule has 0 bridgehead atoms. The van der Waals surface area contributed by atoms with Gasteiger partial charge in [0.05, 0.1) is 0 Å². The molecule has 5 nitrogen and oxygen atoms in total. The molecule has 0 fully saturated rings. The number of aryl methyl sites for hydroxylation is 1. The summed E-state index contributed by atoms with van der Waals surface area (Å²) in [4.78, 5) is 19.3. The molecule has 0 radical (unpaired) electrons. The van der Waals surface area contributed by atoms with Gasteiger partial charge in [-0.1, -0.05) is 13.8 Å². The van der Waals surface area contributed by atoms with Crippen LogP contribution in [0.15, 0.2) is 15.7 Å². The summed E-state index contributed by atoms with van der Waals surface area (Å²) in [7, 11) is 0. The zero-order chi connectivity index (χ0) is 10.7. The van der Waals surface area contributed by atoms with Crippen molar-refractivity contribution < 1.29 is 0 Å². The van der Waals surface area contributed by atoms with Crippen LogP contribution in [-0.2, 0) is 0 Å². The molecule has 0 saturated heterocycles. The minimum atomic E-state index is -0.127. The van der Waals surface area contributed by atoms with Crippen LogP contribution >= 0.6 is 15.9 Å². The first-order chi connectivity index (χ1) is 6.68. The molecule has 0 unspecified atom stereocenters. The van der Waals surface area contributed by atoms with Gasteiger partial charge in [0.1, 0.15) is 0 Å². The third-order valence-electron chi connectivity index (χ3n) is 1.52. The van der Waals surface area contributed by atoms with E-state index < -0.39 is 0 Å². The van der Waals surface area contributed by atoms with Gasteiger partial charge in [-0.3, -0.25) is 9.89 Å². The highest BCUT2D eigenvalue weighted by molar-refractivity contribution is 9.10. The highest BCUT2D eigenvalue weighted by atomic mass is 79.9. The van der Waals surface area contributed by atoms with Crippen LogP contribution in [0.3, 0.4) is 0 Å². The lowest BCUT2D eigenvalue weighted by molar-refractivity contribution is 0.876.